The van der Waals surface area contributed by atoms with Gasteiger partial charge >= 0.3 is 0 Å². The predicted octanol–water partition coefficient (Wildman–Crippen LogP) is 3.12. The fourth-order valence-electron chi connectivity index (χ4n) is 1.25. The second-order valence-electron chi connectivity index (χ2n) is 3.01. The van der Waals surface area contributed by atoms with Gasteiger partial charge in [0.2, 0.25) is 0 Å². The van der Waals surface area contributed by atoms with Gasteiger partial charge in [0.25, 0.3) is 0 Å². The second-order valence-corrected chi connectivity index (χ2v) is 3.42. The van der Waals surface area contributed by atoms with E-state index in [2.05, 4.69) is 15.3 Å². The Bertz CT molecular complexity index is 403. The first kappa shape index (κ1) is 9.09. The highest BCUT2D eigenvalue weighted by Crippen LogP contribution is 2.27. The molecule has 2 rings (SSSR count). The van der Waals surface area contributed by atoms with Crippen LogP contribution in [0.2, 0.25) is 5.02 Å². The largest absolute Gasteiger partial charge is 0.349 e. The van der Waals surface area contributed by atoms with Crippen molar-refractivity contribution >= 4 is 23.1 Å². The van der Waals surface area contributed by atoms with E-state index < -0.39 is 0 Å². The lowest BCUT2D eigenvalue weighted by atomic mass is 10.2. The number of para-hydroxylation sites is 1. The first-order valence-electron chi connectivity index (χ1n) is 4.28. The van der Waals surface area contributed by atoms with Gasteiger partial charge in [-0.2, -0.15) is 0 Å². The van der Waals surface area contributed by atoms with Crippen LogP contribution >= 0.6 is 11.6 Å². The van der Waals surface area contributed by atoms with E-state index in [0.717, 1.165) is 17.1 Å². The molecular formula is C10H10ClN3. The zero-order valence-corrected chi connectivity index (χ0v) is 8.47. The molecule has 1 heterocycles. The summed E-state index contributed by atoms with van der Waals surface area (Å²) < 4.78 is 0. The van der Waals surface area contributed by atoms with Crippen LogP contribution in [0.15, 0.2) is 30.7 Å². The summed E-state index contributed by atoms with van der Waals surface area (Å²) in [7, 11) is 0. The summed E-state index contributed by atoms with van der Waals surface area (Å²) in [6, 6.07) is 5.78. The Morgan fingerprint density at radius 1 is 1.43 bits per heavy atom. The van der Waals surface area contributed by atoms with E-state index in [1.54, 1.807) is 12.5 Å². The van der Waals surface area contributed by atoms with Gasteiger partial charge in [0.1, 0.15) is 5.82 Å². The molecule has 0 saturated heterocycles. The number of hydrogen-bond acceptors (Lipinski definition) is 2. The molecule has 0 spiro atoms. The molecule has 2 aromatic rings. The van der Waals surface area contributed by atoms with Crippen LogP contribution in [0.5, 0.6) is 0 Å². The third-order valence-corrected chi connectivity index (χ3v) is 2.29. The fraction of sp³-hybridized carbons (Fsp3) is 0.100. The van der Waals surface area contributed by atoms with Crippen molar-refractivity contribution in [3.63, 3.8) is 0 Å². The van der Waals surface area contributed by atoms with E-state index in [9.17, 15) is 0 Å². The standard InChI is InChI=1S/C10H10ClN3/c1-7-3-2-4-8(11)10(7)14-9-5-12-6-13-9/h2-6,14H,1H3,(H,12,13). The summed E-state index contributed by atoms with van der Waals surface area (Å²) in [6.07, 6.45) is 3.40. The number of aromatic amines is 1. The van der Waals surface area contributed by atoms with Gasteiger partial charge in [-0.25, -0.2) is 4.98 Å². The van der Waals surface area contributed by atoms with Crippen LogP contribution in [0.25, 0.3) is 0 Å². The van der Waals surface area contributed by atoms with Crippen LogP contribution in [0.1, 0.15) is 5.56 Å². The first-order valence-corrected chi connectivity index (χ1v) is 4.66. The van der Waals surface area contributed by atoms with Gasteiger partial charge in [-0.15, -0.1) is 0 Å². The topological polar surface area (TPSA) is 40.7 Å². The minimum atomic E-state index is 0.702. The number of anilines is 2. The second kappa shape index (κ2) is 3.72. The number of hydrogen-bond donors (Lipinski definition) is 2. The normalized spacial score (nSPS) is 10.1. The average molecular weight is 208 g/mol. The highest BCUT2D eigenvalue weighted by atomic mass is 35.5. The number of H-pyrrole nitrogens is 1. The van der Waals surface area contributed by atoms with Gasteiger partial charge in [0, 0.05) is 6.20 Å². The zero-order valence-electron chi connectivity index (χ0n) is 7.71. The van der Waals surface area contributed by atoms with Crippen LogP contribution in [-0.4, -0.2) is 9.97 Å². The third-order valence-electron chi connectivity index (χ3n) is 1.97. The lowest BCUT2D eigenvalue weighted by Crippen LogP contribution is -1.93. The molecule has 0 fully saturated rings. The molecule has 1 aromatic heterocycles. The van der Waals surface area contributed by atoms with Crippen molar-refractivity contribution in [3.05, 3.63) is 41.3 Å². The number of aryl methyl sites for hydroxylation is 1. The molecule has 1 aromatic carbocycles. The van der Waals surface area contributed by atoms with Crippen molar-refractivity contribution in [2.24, 2.45) is 0 Å². The van der Waals surface area contributed by atoms with Crippen LogP contribution < -0.4 is 5.32 Å². The molecule has 14 heavy (non-hydrogen) atoms. The number of benzene rings is 1. The number of nitrogens with zero attached hydrogens (tertiary/aromatic N) is 1. The number of aromatic nitrogens is 2. The SMILES string of the molecule is Cc1cccc(Cl)c1Nc1c[nH]cn1. The Morgan fingerprint density at radius 2 is 2.29 bits per heavy atom. The minimum Gasteiger partial charge on any atom is -0.349 e. The summed E-state index contributed by atoms with van der Waals surface area (Å²) >= 11 is 6.05. The van der Waals surface area contributed by atoms with E-state index in [-0.39, 0.29) is 0 Å². The van der Waals surface area contributed by atoms with Crippen molar-refractivity contribution in [1.29, 1.82) is 0 Å². The van der Waals surface area contributed by atoms with Gasteiger partial charge in [0.05, 0.1) is 17.0 Å². The fourth-order valence-corrected chi connectivity index (χ4v) is 1.52. The summed E-state index contributed by atoms with van der Waals surface area (Å²) in [5.74, 6) is 0.765. The molecule has 0 radical (unpaired) electrons. The Labute approximate surface area is 87.1 Å². The van der Waals surface area contributed by atoms with Crippen LogP contribution in [0, 0.1) is 6.92 Å². The summed E-state index contributed by atoms with van der Waals surface area (Å²) in [5, 5.41) is 3.85. The van der Waals surface area contributed by atoms with Gasteiger partial charge in [-0.3, -0.25) is 0 Å². The Kier molecular flexibility index (Phi) is 2.41. The summed E-state index contributed by atoms with van der Waals surface area (Å²) in [4.78, 5) is 6.94. The van der Waals surface area contributed by atoms with E-state index in [0.29, 0.717) is 5.02 Å². The Hall–Kier alpha value is -1.48. The minimum absolute atomic E-state index is 0.702. The van der Waals surface area contributed by atoms with Crippen LogP contribution in [0.4, 0.5) is 11.5 Å². The zero-order chi connectivity index (χ0) is 9.97. The van der Waals surface area contributed by atoms with Gasteiger partial charge in [-0.1, -0.05) is 23.7 Å². The summed E-state index contributed by atoms with van der Waals surface area (Å²) in [5.41, 5.74) is 2.00. The summed E-state index contributed by atoms with van der Waals surface area (Å²) in [6.45, 7) is 2.00. The van der Waals surface area contributed by atoms with E-state index in [1.807, 2.05) is 25.1 Å². The van der Waals surface area contributed by atoms with Crippen molar-refractivity contribution in [2.75, 3.05) is 5.32 Å². The number of rotatable bonds is 2. The van der Waals surface area contributed by atoms with E-state index in [4.69, 9.17) is 11.6 Å². The van der Waals surface area contributed by atoms with Crippen molar-refractivity contribution in [3.8, 4) is 0 Å². The molecule has 0 atom stereocenters. The molecule has 0 aliphatic heterocycles. The average Bonchev–Trinajstić information content (AvgIpc) is 2.64. The van der Waals surface area contributed by atoms with Gasteiger partial charge in [-0.05, 0) is 18.6 Å². The van der Waals surface area contributed by atoms with Crippen molar-refractivity contribution in [1.82, 2.24) is 9.97 Å². The maximum atomic E-state index is 6.05. The lowest BCUT2D eigenvalue weighted by molar-refractivity contribution is 1.31. The molecule has 0 unspecified atom stereocenters. The van der Waals surface area contributed by atoms with E-state index in [1.165, 1.54) is 0 Å². The highest BCUT2D eigenvalue weighted by Gasteiger charge is 2.03. The smallest absolute Gasteiger partial charge is 0.148 e. The highest BCUT2D eigenvalue weighted by molar-refractivity contribution is 6.33. The molecule has 3 nitrogen and oxygen atoms in total. The lowest BCUT2D eigenvalue weighted by Gasteiger charge is -2.08. The van der Waals surface area contributed by atoms with Crippen LogP contribution in [0.3, 0.4) is 0 Å². The maximum absolute atomic E-state index is 6.05. The van der Waals surface area contributed by atoms with Gasteiger partial charge < -0.3 is 10.3 Å². The van der Waals surface area contributed by atoms with Crippen molar-refractivity contribution in [2.45, 2.75) is 6.92 Å². The molecule has 4 heteroatoms. The molecule has 0 aliphatic carbocycles. The number of halogens is 1. The van der Waals surface area contributed by atoms with Crippen LogP contribution in [-0.2, 0) is 0 Å². The monoisotopic (exact) mass is 207 g/mol. The molecule has 0 amide bonds. The number of imidazole rings is 1. The quantitative estimate of drug-likeness (QED) is 0.795. The van der Waals surface area contributed by atoms with Crippen molar-refractivity contribution < 1.29 is 0 Å². The third kappa shape index (κ3) is 1.72. The molecule has 0 aliphatic rings. The molecule has 72 valence electrons. The maximum Gasteiger partial charge on any atom is 0.148 e. The predicted molar refractivity (Wildman–Crippen MR) is 58.1 cm³/mol. The molecular weight excluding hydrogens is 198 g/mol. The Morgan fingerprint density at radius 3 is 2.93 bits per heavy atom. The first-order chi connectivity index (χ1) is 6.77. The molecule has 0 bridgehead atoms. The molecule has 2 N–H and O–H groups in total. The number of nitrogens with one attached hydrogen (secondary N) is 2. The molecule has 0 saturated carbocycles. The Balaban J connectivity index is 2.33. The van der Waals surface area contributed by atoms with Gasteiger partial charge in [0.15, 0.2) is 0 Å². The van der Waals surface area contributed by atoms with E-state index >= 15 is 0 Å².